The lowest BCUT2D eigenvalue weighted by molar-refractivity contribution is 0.669. The maximum Gasteiger partial charge on any atom is 0.136 e. The third kappa shape index (κ3) is 4.22. The van der Waals surface area contributed by atoms with Gasteiger partial charge in [-0.1, -0.05) is 115 Å². The molecule has 0 saturated heterocycles. The van der Waals surface area contributed by atoms with Gasteiger partial charge in [0.25, 0.3) is 0 Å². The Balaban J connectivity index is 1.29. The van der Waals surface area contributed by atoms with Crippen LogP contribution in [-0.4, -0.2) is 0 Å². The fourth-order valence-electron chi connectivity index (χ4n) is 6.02. The van der Waals surface area contributed by atoms with Crippen molar-refractivity contribution in [2.75, 3.05) is 4.90 Å². The molecule has 198 valence electrons. The molecule has 0 saturated carbocycles. The van der Waals surface area contributed by atoms with Crippen LogP contribution in [0.15, 0.2) is 168 Å². The van der Waals surface area contributed by atoms with Gasteiger partial charge in [-0.2, -0.15) is 0 Å². The molecule has 0 fully saturated rings. The average Bonchev–Trinajstić information content (AvgIpc) is 3.45. The van der Waals surface area contributed by atoms with E-state index in [0.717, 1.165) is 33.6 Å². The van der Waals surface area contributed by atoms with E-state index in [4.69, 9.17) is 4.42 Å². The SMILES string of the molecule is c1ccc(-c2ccc(N(c3cccc(-c4ccccc4)c3)c3ccc4c(ccc5oc6ccccc6c54)c3)cc2)cc1. The number of anilines is 3. The number of para-hydroxylation sites is 1. The van der Waals surface area contributed by atoms with Gasteiger partial charge in [0.2, 0.25) is 0 Å². The van der Waals surface area contributed by atoms with Gasteiger partial charge in [0, 0.05) is 27.8 Å². The summed E-state index contributed by atoms with van der Waals surface area (Å²) in [4.78, 5) is 2.35. The molecule has 7 aromatic carbocycles. The predicted octanol–water partition coefficient (Wildman–Crippen LogP) is 11.5. The van der Waals surface area contributed by atoms with Gasteiger partial charge in [-0.25, -0.2) is 0 Å². The van der Waals surface area contributed by atoms with E-state index in [9.17, 15) is 0 Å². The fourth-order valence-corrected chi connectivity index (χ4v) is 6.02. The first-order valence-corrected chi connectivity index (χ1v) is 14.3. The van der Waals surface area contributed by atoms with E-state index in [1.165, 1.54) is 38.4 Å². The van der Waals surface area contributed by atoms with E-state index in [1.807, 2.05) is 12.1 Å². The summed E-state index contributed by atoms with van der Waals surface area (Å²) in [5, 5.41) is 4.68. The highest BCUT2D eigenvalue weighted by molar-refractivity contribution is 6.19. The van der Waals surface area contributed by atoms with Crippen molar-refractivity contribution in [3.63, 3.8) is 0 Å². The molecule has 0 aliphatic rings. The van der Waals surface area contributed by atoms with Crippen LogP contribution in [0.4, 0.5) is 17.1 Å². The van der Waals surface area contributed by atoms with E-state index >= 15 is 0 Å². The Morgan fingerprint density at radius 3 is 1.76 bits per heavy atom. The van der Waals surface area contributed by atoms with E-state index in [2.05, 4.69) is 157 Å². The first-order chi connectivity index (χ1) is 20.8. The van der Waals surface area contributed by atoms with E-state index in [-0.39, 0.29) is 0 Å². The standard InChI is InChI=1S/C40H27NO/c1-3-10-28(11-4-1)30-18-21-33(22-19-30)41(34-15-9-14-31(26-34)29-12-5-2-6-13-29)35-23-24-36-32(27-35)20-25-39-40(36)37-16-7-8-17-38(37)42-39/h1-27H. The number of nitrogens with zero attached hydrogens (tertiary/aromatic N) is 1. The zero-order chi connectivity index (χ0) is 27.9. The van der Waals surface area contributed by atoms with Crippen LogP contribution in [-0.2, 0) is 0 Å². The van der Waals surface area contributed by atoms with Crippen molar-refractivity contribution >= 4 is 49.8 Å². The summed E-state index contributed by atoms with van der Waals surface area (Å²) in [6.07, 6.45) is 0. The van der Waals surface area contributed by atoms with E-state index in [0.29, 0.717) is 0 Å². The molecule has 0 radical (unpaired) electrons. The molecule has 0 atom stereocenters. The second kappa shape index (κ2) is 10.1. The summed E-state index contributed by atoms with van der Waals surface area (Å²) >= 11 is 0. The smallest absolute Gasteiger partial charge is 0.136 e. The van der Waals surface area contributed by atoms with Crippen LogP contribution in [0.3, 0.4) is 0 Å². The fraction of sp³-hybridized carbons (Fsp3) is 0. The zero-order valence-corrected chi connectivity index (χ0v) is 22.9. The lowest BCUT2D eigenvalue weighted by Gasteiger charge is -2.26. The minimum Gasteiger partial charge on any atom is -0.456 e. The van der Waals surface area contributed by atoms with Crippen molar-refractivity contribution in [2.45, 2.75) is 0 Å². The van der Waals surface area contributed by atoms with Crippen LogP contribution in [0.5, 0.6) is 0 Å². The molecule has 8 aromatic rings. The Morgan fingerprint density at radius 2 is 0.976 bits per heavy atom. The van der Waals surface area contributed by atoms with Crippen molar-refractivity contribution < 1.29 is 4.42 Å². The molecule has 0 aliphatic carbocycles. The van der Waals surface area contributed by atoms with E-state index in [1.54, 1.807) is 0 Å². The molecule has 2 nitrogen and oxygen atoms in total. The molecule has 1 heterocycles. The molecule has 0 bridgehead atoms. The minimum absolute atomic E-state index is 0.917. The number of hydrogen-bond acceptors (Lipinski definition) is 2. The summed E-state index contributed by atoms with van der Waals surface area (Å²) < 4.78 is 6.17. The lowest BCUT2D eigenvalue weighted by atomic mass is 10.0. The first-order valence-electron chi connectivity index (χ1n) is 14.3. The van der Waals surface area contributed by atoms with Crippen LogP contribution >= 0.6 is 0 Å². The highest BCUT2D eigenvalue weighted by Crippen LogP contribution is 2.41. The Labute approximate surface area is 244 Å². The molecule has 0 aliphatic heterocycles. The summed E-state index contributed by atoms with van der Waals surface area (Å²) in [5.74, 6) is 0. The first kappa shape index (κ1) is 24.2. The van der Waals surface area contributed by atoms with Crippen molar-refractivity contribution in [1.82, 2.24) is 0 Å². The van der Waals surface area contributed by atoms with Gasteiger partial charge in [-0.3, -0.25) is 0 Å². The number of furan rings is 1. The third-order valence-electron chi connectivity index (χ3n) is 8.04. The van der Waals surface area contributed by atoms with Crippen molar-refractivity contribution in [1.29, 1.82) is 0 Å². The second-order valence-electron chi connectivity index (χ2n) is 10.6. The van der Waals surface area contributed by atoms with Gasteiger partial charge in [0.1, 0.15) is 11.2 Å². The maximum atomic E-state index is 6.17. The highest BCUT2D eigenvalue weighted by atomic mass is 16.3. The molecule has 0 spiro atoms. The van der Waals surface area contributed by atoms with Crippen molar-refractivity contribution in [3.8, 4) is 22.3 Å². The van der Waals surface area contributed by atoms with Crippen molar-refractivity contribution in [3.05, 3.63) is 164 Å². The topological polar surface area (TPSA) is 16.4 Å². The van der Waals surface area contributed by atoms with Gasteiger partial charge in [-0.05, 0) is 81.6 Å². The van der Waals surface area contributed by atoms with E-state index < -0.39 is 0 Å². The van der Waals surface area contributed by atoms with Gasteiger partial charge in [0.05, 0.1) is 0 Å². The molecule has 2 heteroatoms. The van der Waals surface area contributed by atoms with Crippen molar-refractivity contribution in [2.24, 2.45) is 0 Å². The number of hydrogen-bond donors (Lipinski definition) is 0. The largest absolute Gasteiger partial charge is 0.456 e. The Morgan fingerprint density at radius 1 is 0.357 bits per heavy atom. The van der Waals surface area contributed by atoms with Crippen LogP contribution in [0.2, 0.25) is 0 Å². The monoisotopic (exact) mass is 537 g/mol. The van der Waals surface area contributed by atoms with Gasteiger partial charge in [-0.15, -0.1) is 0 Å². The number of benzene rings is 7. The molecule has 42 heavy (non-hydrogen) atoms. The summed E-state index contributed by atoms with van der Waals surface area (Å²) in [5.41, 5.74) is 9.95. The van der Waals surface area contributed by atoms with Crippen LogP contribution < -0.4 is 4.90 Å². The quantitative estimate of drug-likeness (QED) is 0.217. The Hall–Kier alpha value is -5.60. The van der Waals surface area contributed by atoms with Crippen LogP contribution in [0.1, 0.15) is 0 Å². The van der Waals surface area contributed by atoms with Crippen LogP contribution in [0, 0.1) is 0 Å². The van der Waals surface area contributed by atoms with Gasteiger partial charge >= 0.3 is 0 Å². The van der Waals surface area contributed by atoms with Crippen LogP contribution in [0.25, 0.3) is 55.0 Å². The molecule has 1 aromatic heterocycles. The lowest BCUT2D eigenvalue weighted by Crippen LogP contribution is -2.10. The number of rotatable bonds is 5. The Bertz CT molecular complexity index is 2180. The second-order valence-corrected chi connectivity index (χ2v) is 10.6. The number of fused-ring (bicyclic) bond motifs is 5. The molecular formula is C40H27NO. The summed E-state index contributed by atoms with van der Waals surface area (Å²) in [6, 6.07) is 58.0. The van der Waals surface area contributed by atoms with Gasteiger partial charge < -0.3 is 9.32 Å². The predicted molar refractivity (Wildman–Crippen MR) is 177 cm³/mol. The highest BCUT2D eigenvalue weighted by Gasteiger charge is 2.16. The Kier molecular flexibility index (Phi) is 5.82. The molecule has 0 N–H and O–H groups in total. The third-order valence-corrected chi connectivity index (χ3v) is 8.04. The summed E-state index contributed by atoms with van der Waals surface area (Å²) in [6.45, 7) is 0. The molecular weight excluding hydrogens is 510 g/mol. The normalized spacial score (nSPS) is 11.3. The zero-order valence-electron chi connectivity index (χ0n) is 22.9. The average molecular weight is 538 g/mol. The molecule has 0 amide bonds. The van der Waals surface area contributed by atoms with Gasteiger partial charge in [0.15, 0.2) is 0 Å². The molecule has 0 unspecified atom stereocenters. The summed E-state index contributed by atoms with van der Waals surface area (Å²) in [7, 11) is 0. The minimum atomic E-state index is 0.917. The maximum absolute atomic E-state index is 6.17. The molecule has 8 rings (SSSR count).